The predicted octanol–water partition coefficient (Wildman–Crippen LogP) is 1.49. The lowest BCUT2D eigenvalue weighted by Gasteiger charge is -2.19. The van der Waals surface area contributed by atoms with Gasteiger partial charge in [0, 0.05) is 0 Å². The molecule has 0 saturated carbocycles. The number of carbonyl (C=O) groups is 1. The Morgan fingerprint density at radius 1 is 1.50 bits per heavy atom. The van der Waals surface area contributed by atoms with Crippen LogP contribution in [0.5, 0.6) is 0 Å². The number of hydrogen-bond donors (Lipinski definition) is 2. The second-order valence-corrected chi connectivity index (χ2v) is 4.32. The lowest BCUT2D eigenvalue weighted by atomic mass is 9.92. The summed E-state index contributed by atoms with van der Waals surface area (Å²) in [4.78, 5) is 10.4. The van der Waals surface area contributed by atoms with Crippen LogP contribution in [-0.2, 0) is 4.79 Å². The molecule has 0 aliphatic rings. The van der Waals surface area contributed by atoms with Crippen molar-refractivity contribution in [3.8, 4) is 0 Å². The topological polar surface area (TPSA) is 49.3 Å². The maximum absolute atomic E-state index is 10.4. The summed E-state index contributed by atoms with van der Waals surface area (Å²) in [6.07, 6.45) is 0.991. The van der Waals surface area contributed by atoms with Crippen molar-refractivity contribution in [2.45, 2.75) is 40.2 Å². The van der Waals surface area contributed by atoms with E-state index in [1.165, 1.54) is 0 Å². The molecule has 1 atom stereocenters. The van der Waals surface area contributed by atoms with Crippen molar-refractivity contribution in [3.63, 3.8) is 0 Å². The molecule has 0 aromatic carbocycles. The second-order valence-electron chi connectivity index (χ2n) is 4.32. The molecule has 0 spiro atoms. The van der Waals surface area contributed by atoms with Crippen LogP contribution in [0.3, 0.4) is 0 Å². The zero-order chi connectivity index (χ0) is 9.78. The number of aliphatic carboxylic acids is 1. The second kappa shape index (κ2) is 4.45. The van der Waals surface area contributed by atoms with Gasteiger partial charge in [-0.05, 0) is 25.3 Å². The molecule has 3 nitrogen and oxygen atoms in total. The largest absolute Gasteiger partial charge is 0.480 e. The van der Waals surface area contributed by atoms with E-state index in [1.54, 1.807) is 6.92 Å². The van der Waals surface area contributed by atoms with E-state index >= 15 is 0 Å². The van der Waals surface area contributed by atoms with E-state index in [-0.39, 0.29) is 5.41 Å². The number of hydrogen-bond acceptors (Lipinski definition) is 2. The lowest BCUT2D eigenvalue weighted by Crippen LogP contribution is -2.35. The molecule has 0 fully saturated rings. The Bertz CT molecular complexity index is 149. The van der Waals surface area contributed by atoms with Crippen LogP contribution in [0, 0.1) is 5.41 Å². The third kappa shape index (κ3) is 6.16. The first-order chi connectivity index (χ1) is 5.33. The average Bonchev–Trinajstić information content (AvgIpc) is 1.84. The van der Waals surface area contributed by atoms with Gasteiger partial charge in [-0.15, -0.1) is 0 Å². The summed E-state index contributed by atoms with van der Waals surface area (Å²) >= 11 is 0. The zero-order valence-corrected chi connectivity index (χ0v) is 8.35. The fourth-order valence-corrected chi connectivity index (χ4v) is 0.751. The molecular weight excluding hydrogens is 154 g/mol. The summed E-state index contributed by atoms with van der Waals surface area (Å²) in [7, 11) is 0. The molecule has 72 valence electrons. The maximum atomic E-state index is 10.4. The van der Waals surface area contributed by atoms with Crippen molar-refractivity contribution < 1.29 is 9.90 Å². The number of rotatable bonds is 4. The molecule has 2 N–H and O–H groups in total. The van der Waals surface area contributed by atoms with Crippen LogP contribution in [0.25, 0.3) is 0 Å². The molecule has 0 aliphatic heterocycles. The predicted molar refractivity (Wildman–Crippen MR) is 49.2 cm³/mol. The molecule has 0 radical (unpaired) electrons. The summed E-state index contributed by atoms with van der Waals surface area (Å²) < 4.78 is 0. The first-order valence-corrected chi connectivity index (χ1v) is 4.29. The summed E-state index contributed by atoms with van der Waals surface area (Å²) in [6.45, 7) is 8.84. The minimum atomic E-state index is -0.788. The van der Waals surface area contributed by atoms with Crippen LogP contribution in [0.1, 0.15) is 34.1 Å². The van der Waals surface area contributed by atoms with E-state index in [0.717, 1.165) is 13.0 Å². The van der Waals surface area contributed by atoms with E-state index in [9.17, 15) is 4.79 Å². The van der Waals surface area contributed by atoms with Gasteiger partial charge < -0.3 is 10.4 Å². The Morgan fingerprint density at radius 2 is 2.00 bits per heavy atom. The summed E-state index contributed by atoms with van der Waals surface area (Å²) in [6, 6.07) is -0.438. The van der Waals surface area contributed by atoms with Crippen LogP contribution >= 0.6 is 0 Å². The minimum Gasteiger partial charge on any atom is -0.480 e. The molecule has 0 aliphatic carbocycles. The Balaban J connectivity index is 3.51. The van der Waals surface area contributed by atoms with Gasteiger partial charge in [-0.1, -0.05) is 20.8 Å². The molecule has 0 bridgehead atoms. The third-order valence-corrected chi connectivity index (χ3v) is 1.70. The van der Waals surface area contributed by atoms with Gasteiger partial charge in [0.1, 0.15) is 6.04 Å². The molecule has 0 aromatic heterocycles. The molecule has 0 rings (SSSR count). The molecule has 0 saturated heterocycles. The van der Waals surface area contributed by atoms with Crippen LogP contribution in [0.2, 0.25) is 0 Å². The van der Waals surface area contributed by atoms with Gasteiger partial charge in [0.05, 0.1) is 0 Å². The summed E-state index contributed by atoms with van der Waals surface area (Å²) in [5.74, 6) is -0.788. The highest BCUT2D eigenvalue weighted by atomic mass is 16.4. The summed E-state index contributed by atoms with van der Waals surface area (Å²) in [5.41, 5.74) is 0.269. The number of nitrogens with one attached hydrogen (secondary N) is 1. The van der Waals surface area contributed by atoms with Gasteiger partial charge in [0.25, 0.3) is 0 Å². The van der Waals surface area contributed by atoms with Crippen molar-refractivity contribution in [1.29, 1.82) is 0 Å². The third-order valence-electron chi connectivity index (χ3n) is 1.70. The monoisotopic (exact) mass is 173 g/mol. The van der Waals surface area contributed by atoms with Crippen LogP contribution < -0.4 is 5.32 Å². The van der Waals surface area contributed by atoms with E-state index in [4.69, 9.17) is 5.11 Å². The fraction of sp³-hybridized carbons (Fsp3) is 0.889. The van der Waals surface area contributed by atoms with Gasteiger partial charge in [-0.3, -0.25) is 4.79 Å². The number of carboxylic acid groups (broad SMARTS) is 1. The molecule has 0 aromatic rings. The Kier molecular flexibility index (Phi) is 4.24. The van der Waals surface area contributed by atoms with E-state index < -0.39 is 12.0 Å². The van der Waals surface area contributed by atoms with E-state index in [0.29, 0.717) is 0 Å². The first-order valence-electron chi connectivity index (χ1n) is 4.29. The number of carboxylic acids is 1. The van der Waals surface area contributed by atoms with E-state index in [1.807, 2.05) is 0 Å². The highest BCUT2D eigenvalue weighted by Gasteiger charge is 2.13. The van der Waals surface area contributed by atoms with Crippen LogP contribution in [0.15, 0.2) is 0 Å². The zero-order valence-electron chi connectivity index (χ0n) is 8.35. The lowest BCUT2D eigenvalue weighted by molar-refractivity contribution is -0.139. The van der Waals surface area contributed by atoms with Crippen LogP contribution in [0.4, 0.5) is 0 Å². The average molecular weight is 173 g/mol. The van der Waals surface area contributed by atoms with Crippen molar-refractivity contribution in [3.05, 3.63) is 0 Å². The SMILES string of the molecule is C[C@H](NCCC(C)(C)C)C(=O)O. The maximum Gasteiger partial charge on any atom is 0.320 e. The van der Waals surface area contributed by atoms with E-state index in [2.05, 4.69) is 26.1 Å². The van der Waals surface area contributed by atoms with Crippen molar-refractivity contribution in [2.24, 2.45) is 5.41 Å². The molecule has 0 amide bonds. The Hall–Kier alpha value is -0.570. The molecule has 0 heterocycles. The fourth-order valence-electron chi connectivity index (χ4n) is 0.751. The molecular formula is C9H19NO2. The van der Waals surface area contributed by atoms with Gasteiger partial charge in [0.15, 0.2) is 0 Å². The van der Waals surface area contributed by atoms with Gasteiger partial charge >= 0.3 is 5.97 Å². The molecule has 12 heavy (non-hydrogen) atoms. The van der Waals surface area contributed by atoms with Crippen LogP contribution in [-0.4, -0.2) is 23.7 Å². The smallest absolute Gasteiger partial charge is 0.320 e. The quantitative estimate of drug-likeness (QED) is 0.677. The van der Waals surface area contributed by atoms with Gasteiger partial charge in [-0.25, -0.2) is 0 Å². The standard InChI is InChI=1S/C9H19NO2/c1-7(8(11)12)10-6-5-9(2,3)4/h7,10H,5-6H2,1-4H3,(H,11,12)/t7-/m0/s1. The molecule has 3 heteroatoms. The molecule has 0 unspecified atom stereocenters. The highest BCUT2D eigenvalue weighted by molar-refractivity contribution is 5.72. The normalized spacial score (nSPS) is 14.3. The van der Waals surface area contributed by atoms with Crippen molar-refractivity contribution >= 4 is 5.97 Å². The Labute approximate surface area is 74.2 Å². The van der Waals surface area contributed by atoms with Gasteiger partial charge in [0.2, 0.25) is 0 Å². The first kappa shape index (κ1) is 11.4. The van der Waals surface area contributed by atoms with Crippen molar-refractivity contribution in [2.75, 3.05) is 6.54 Å². The summed E-state index contributed by atoms with van der Waals surface area (Å²) in [5, 5.41) is 11.5. The van der Waals surface area contributed by atoms with Crippen molar-refractivity contribution in [1.82, 2.24) is 5.32 Å². The van der Waals surface area contributed by atoms with Gasteiger partial charge in [-0.2, -0.15) is 0 Å². The highest BCUT2D eigenvalue weighted by Crippen LogP contribution is 2.16. The Morgan fingerprint density at radius 3 is 2.33 bits per heavy atom. The minimum absolute atomic E-state index is 0.269.